The van der Waals surface area contributed by atoms with Crippen molar-refractivity contribution >= 4 is 11.6 Å². The Kier molecular flexibility index (Phi) is 4.28. The third-order valence-corrected chi connectivity index (χ3v) is 3.06. The van der Waals surface area contributed by atoms with Crippen LogP contribution in [0.2, 0.25) is 0 Å². The quantitative estimate of drug-likeness (QED) is 0.798. The van der Waals surface area contributed by atoms with Gasteiger partial charge in [0.25, 0.3) is 0 Å². The molecule has 0 aliphatic carbocycles. The minimum atomic E-state index is -0.939. The van der Waals surface area contributed by atoms with Gasteiger partial charge in [0, 0.05) is 12.2 Å². The van der Waals surface area contributed by atoms with E-state index in [0.717, 1.165) is 5.69 Å². The average Bonchev–Trinajstić information content (AvgIpc) is 2.39. The summed E-state index contributed by atoms with van der Waals surface area (Å²) in [6, 6.07) is 11.6. The lowest BCUT2D eigenvalue weighted by Gasteiger charge is -2.28. The molecular weight excluding hydrogens is 212 g/mol. The van der Waals surface area contributed by atoms with Crippen LogP contribution >= 0.6 is 0 Å². The molecule has 90 valence electrons. The number of nitriles is 1. The number of hydrogen-bond acceptors (Lipinski definition) is 2. The molecule has 0 radical (unpaired) electrons. The number of hydrogen-bond donors (Lipinski definition) is 0. The molecular formula is C14H18N2O. The van der Waals surface area contributed by atoms with Gasteiger partial charge in [-0.2, -0.15) is 5.26 Å². The van der Waals surface area contributed by atoms with Crippen molar-refractivity contribution in [3.05, 3.63) is 30.3 Å². The zero-order valence-corrected chi connectivity index (χ0v) is 10.6. The first kappa shape index (κ1) is 13.2. The van der Waals surface area contributed by atoms with E-state index in [1.165, 1.54) is 0 Å². The van der Waals surface area contributed by atoms with E-state index < -0.39 is 5.41 Å². The van der Waals surface area contributed by atoms with Crippen LogP contribution in [0.15, 0.2) is 30.3 Å². The molecule has 3 nitrogen and oxygen atoms in total. The first-order valence-electron chi connectivity index (χ1n) is 5.87. The lowest BCUT2D eigenvalue weighted by atomic mass is 9.87. The van der Waals surface area contributed by atoms with Crippen molar-refractivity contribution < 1.29 is 4.79 Å². The number of nitrogens with zero attached hydrogens (tertiary/aromatic N) is 2. The van der Waals surface area contributed by atoms with Gasteiger partial charge in [0.15, 0.2) is 0 Å². The number of rotatable bonds is 4. The van der Waals surface area contributed by atoms with Gasteiger partial charge < -0.3 is 4.90 Å². The second-order valence-corrected chi connectivity index (χ2v) is 4.18. The Morgan fingerprint density at radius 3 is 2.35 bits per heavy atom. The molecule has 1 atom stereocenters. The molecule has 1 unspecified atom stereocenters. The van der Waals surface area contributed by atoms with Crippen molar-refractivity contribution in [2.75, 3.05) is 11.4 Å². The summed E-state index contributed by atoms with van der Waals surface area (Å²) in [5.74, 6) is -0.129. The summed E-state index contributed by atoms with van der Waals surface area (Å²) in [4.78, 5) is 14.0. The molecule has 0 heterocycles. The third kappa shape index (κ3) is 2.65. The molecule has 0 spiro atoms. The van der Waals surface area contributed by atoms with Gasteiger partial charge in [-0.05, 0) is 32.4 Å². The van der Waals surface area contributed by atoms with Crippen LogP contribution in [0.3, 0.4) is 0 Å². The molecule has 0 aromatic heterocycles. The molecule has 3 heteroatoms. The van der Waals surface area contributed by atoms with Crippen LogP contribution in [0.4, 0.5) is 5.69 Å². The molecule has 0 aliphatic heterocycles. The first-order chi connectivity index (χ1) is 8.09. The molecule has 0 saturated heterocycles. The van der Waals surface area contributed by atoms with E-state index in [1.807, 2.05) is 44.2 Å². The van der Waals surface area contributed by atoms with E-state index in [9.17, 15) is 4.79 Å². The number of anilines is 1. The third-order valence-electron chi connectivity index (χ3n) is 3.06. The van der Waals surface area contributed by atoms with Crippen LogP contribution in [0.5, 0.6) is 0 Å². The fourth-order valence-corrected chi connectivity index (χ4v) is 1.63. The van der Waals surface area contributed by atoms with Gasteiger partial charge in [0.05, 0.1) is 6.07 Å². The maximum Gasteiger partial charge on any atom is 0.247 e. The second-order valence-electron chi connectivity index (χ2n) is 4.18. The molecule has 1 aromatic rings. The normalized spacial score (nSPS) is 13.5. The van der Waals surface area contributed by atoms with Gasteiger partial charge in [0.2, 0.25) is 5.91 Å². The van der Waals surface area contributed by atoms with E-state index in [-0.39, 0.29) is 5.91 Å². The summed E-state index contributed by atoms with van der Waals surface area (Å²) in [6.07, 6.45) is 0.520. The van der Waals surface area contributed by atoms with E-state index in [0.29, 0.717) is 13.0 Å². The van der Waals surface area contributed by atoms with Crippen LogP contribution in [0.1, 0.15) is 27.2 Å². The Morgan fingerprint density at radius 1 is 1.35 bits per heavy atom. The van der Waals surface area contributed by atoms with Crippen molar-refractivity contribution in [1.29, 1.82) is 5.26 Å². The minimum Gasteiger partial charge on any atom is -0.311 e. The number of carbonyl (C=O) groups is 1. The van der Waals surface area contributed by atoms with Crippen molar-refractivity contribution in [2.45, 2.75) is 27.2 Å². The summed E-state index contributed by atoms with van der Waals surface area (Å²) >= 11 is 0. The van der Waals surface area contributed by atoms with Crippen LogP contribution in [0, 0.1) is 16.7 Å². The highest BCUT2D eigenvalue weighted by Crippen LogP contribution is 2.26. The summed E-state index contributed by atoms with van der Waals surface area (Å²) in [5.41, 5.74) is -0.0961. The predicted octanol–water partition coefficient (Wildman–Crippen LogP) is 2.98. The van der Waals surface area contributed by atoms with Gasteiger partial charge in [-0.1, -0.05) is 25.1 Å². The standard InChI is InChI=1S/C14H18N2O/c1-4-14(3,11-15)13(17)16(5-2)12-9-7-6-8-10-12/h6-10H,4-5H2,1-3H3. The SMILES string of the molecule is CCN(C(=O)C(C)(C#N)CC)c1ccccc1. The molecule has 1 amide bonds. The topological polar surface area (TPSA) is 44.1 Å². The molecule has 17 heavy (non-hydrogen) atoms. The van der Waals surface area contributed by atoms with Gasteiger partial charge >= 0.3 is 0 Å². The predicted molar refractivity (Wildman–Crippen MR) is 68.5 cm³/mol. The second kappa shape index (κ2) is 5.49. The van der Waals surface area contributed by atoms with E-state index >= 15 is 0 Å². The highest BCUT2D eigenvalue weighted by molar-refractivity contribution is 5.99. The Bertz CT molecular complexity index is 422. The van der Waals surface area contributed by atoms with Crippen LogP contribution in [-0.2, 0) is 4.79 Å². The van der Waals surface area contributed by atoms with Crippen molar-refractivity contribution in [2.24, 2.45) is 5.41 Å². The summed E-state index contributed by atoms with van der Waals surface area (Å²) in [5, 5.41) is 9.15. The summed E-state index contributed by atoms with van der Waals surface area (Å²) in [7, 11) is 0. The molecule has 1 aromatic carbocycles. The fraction of sp³-hybridized carbons (Fsp3) is 0.429. The number of benzene rings is 1. The summed E-state index contributed by atoms with van der Waals surface area (Å²) in [6.45, 7) is 6.04. The highest BCUT2D eigenvalue weighted by Gasteiger charge is 2.35. The number of amides is 1. The average molecular weight is 230 g/mol. The van der Waals surface area contributed by atoms with Crippen molar-refractivity contribution in [3.63, 3.8) is 0 Å². The molecule has 0 saturated carbocycles. The Morgan fingerprint density at radius 2 is 1.94 bits per heavy atom. The van der Waals surface area contributed by atoms with Crippen molar-refractivity contribution in [1.82, 2.24) is 0 Å². The van der Waals surface area contributed by atoms with Crippen molar-refractivity contribution in [3.8, 4) is 6.07 Å². The Balaban J connectivity index is 3.05. The summed E-state index contributed by atoms with van der Waals surface area (Å²) < 4.78 is 0. The van der Waals surface area contributed by atoms with Crippen LogP contribution in [-0.4, -0.2) is 12.5 Å². The molecule has 1 rings (SSSR count). The molecule has 0 fully saturated rings. The minimum absolute atomic E-state index is 0.129. The van der Waals surface area contributed by atoms with Gasteiger partial charge in [-0.15, -0.1) is 0 Å². The molecule has 0 aliphatic rings. The lowest BCUT2D eigenvalue weighted by Crippen LogP contribution is -2.41. The lowest BCUT2D eigenvalue weighted by molar-refractivity contribution is -0.124. The van der Waals surface area contributed by atoms with Crippen LogP contribution < -0.4 is 4.90 Å². The van der Waals surface area contributed by atoms with E-state index in [4.69, 9.17) is 5.26 Å². The van der Waals surface area contributed by atoms with E-state index in [1.54, 1.807) is 11.8 Å². The maximum absolute atomic E-state index is 12.4. The van der Waals surface area contributed by atoms with Crippen LogP contribution in [0.25, 0.3) is 0 Å². The highest BCUT2D eigenvalue weighted by atomic mass is 16.2. The number of carbonyl (C=O) groups excluding carboxylic acids is 1. The van der Waals surface area contributed by atoms with E-state index in [2.05, 4.69) is 6.07 Å². The Hall–Kier alpha value is -1.82. The zero-order valence-electron chi connectivity index (χ0n) is 10.6. The largest absolute Gasteiger partial charge is 0.311 e. The smallest absolute Gasteiger partial charge is 0.247 e. The van der Waals surface area contributed by atoms with Gasteiger partial charge in [-0.3, -0.25) is 4.79 Å². The Labute approximate surface area is 103 Å². The van der Waals surface area contributed by atoms with Gasteiger partial charge in [0.1, 0.15) is 5.41 Å². The monoisotopic (exact) mass is 230 g/mol. The molecule has 0 bridgehead atoms. The molecule has 0 N–H and O–H groups in total. The number of para-hydroxylation sites is 1. The zero-order chi connectivity index (χ0) is 12.9. The van der Waals surface area contributed by atoms with Gasteiger partial charge in [-0.25, -0.2) is 0 Å². The maximum atomic E-state index is 12.4. The first-order valence-corrected chi connectivity index (χ1v) is 5.87. The fourth-order valence-electron chi connectivity index (χ4n) is 1.63.